The molecule has 1 aromatic rings. The lowest BCUT2D eigenvalue weighted by Crippen LogP contribution is -2.26. The summed E-state index contributed by atoms with van der Waals surface area (Å²) in [5, 5.41) is 9.56. The average Bonchev–Trinajstić information content (AvgIpc) is 2.17. The Morgan fingerprint density at radius 3 is 2.46 bits per heavy atom. The molecule has 0 fully saturated rings. The molecule has 0 amide bonds. The van der Waals surface area contributed by atoms with Crippen molar-refractivity contribution in [3.05, 3.63) is 35.9 Å². The van der Waals surface area contributed by atoms with Crippen LogP contribution in [0.4, 0.5) is 0 Å². The molecule has 0 saturated heterocycles. The van der Waals surface area contributed by atoms with Crippen LogP contribution in [0.2, 0.25) is 0 Å². The topological polar surface area (TPSA) is 29.5 Å². The second kappa shape index (κ2) is 4.40. The van der Waals surface area contributed by atoms with Gasteiger partial charge in [-0.2, -0.15) is 0 Å². The molecule has 2 heteroatoms. The first-order chi connectivity index (χ1) is 6.14. The van der Waals surface area contributed by atoms with Gasteiger partial charge in [0, 0.05) is 0 Å². The number of hydrogen-bond donors (Lipinski definition) is 1. The molecular formula is C11H16O2. The lowest BCUT2D eigenvalue weighted by molar-refractivity contribution is -0.198. The molecular weight excluding hydrogens is 164 g/mol. The van der Waals surface area contributed by atoms with Gasteiger partial charge in [-0.15, -0.1) is 0 Å². The summed E-state index contributed by atoms with van der Waals surface area (Å²) in [5.41, 5.74) is 1.08. The zero-order valence-corrected chi connectivity index (χ0v) is 8.16. The Kier molecular flexibility index (Phi) is 3.46. The monoisotopic (exact) mass is 180 g/mol. The number of benzene rings is 1. The van der Waals surface area contributed by atoms with E-state index in [1.165, 1.54) is 0 Å². The molecule has 0 aromatic heterocycles. The van der Waals surface area contributed by atoms with Crippen LogP contribution in [0.3, 0.4) is 0 Å². The van der Waals surface area contributed by atoms with Crippen LogP contribution in [-0.4, -0.2) is 10.9 Å². The van der Waals surface area contributed by atoms with E-state index in [-0.39, 0.29) is 0 Å². The molecule has 0 saturated carbocycles. The van der Waals surface area contributed by atoms with Crippen molar-refractivity contribution < 1.29 is 9.84 Å². The van der Waals surface area contributed by atoms with Crippen LogP contribution in [-0.2, 0) is 11.3 Å². The average molecular weight is 180 g/mol. The first-order valence-corrected chi connectivity index (χ1v) is 4.54. The Morgan fingerprint density at radius 2 is 1.92 bits per heavy atom. The number of rotatable bonds is 4. The molecule has 1 rings (SSSR count). The maximum atomic E-state index is 9.56. The molecule has 0 aliphatic rings. The third-order valence-electron chi connectivity index (χ3n) is 2.05. The molecule has 0 aliphatic carbocycles. The first kappa shape index (κ1) is 10.2. The van der Waals surface area contributed by atoms with E-state index in [0.29, 0.717) is 13.0 Å². The van der Waals surface area contributed by atoms with Gasteiger partial charge in [0.15, 0.2) is 5.79 Å². The number of ether oxygens (including phenoxy) is 1. The Balaban J connectivity index is 2.44. The van der Waals surface area contributed by atoms with E-state index in [1.807, 2.05) is 37.3 Å². The van der Waals surface area contributed by atoms with Gasteiger partial charge in [0.2, 0.25) is 0 Å². The molecule has 72 valence electrons. The smallest absolute Gasteiger partial charge is 0.162 e. The highest BCUT2D eigenvalue weighted by molar-refractivity contribution is 5.13. The molecule has 0 heterocycles. The van der Waals surface area contributed by atoms with Gasteiger partial charge in [-0.1, -0.05) is 37.3 Å². The number of hydrogen-bond acceptors (Lipinski definition) is 2. The van der Waals surface area contributed by atoms with Crippen LogP contribution in [0.25, 0.3) is 0 Å². The summed E-state index contributed by atoms with van der Waals surface area (Å²) in [6.07, 6.45) is 0.597. The molecule has 13 heavy (non-hydrogen) atoms. The van der Waals surface area contributed by atoms with E-state index in [4.69, 9.17) is 4.74 Å². The summed E-state index contributed by atoms with van der Waals surface area (Å²) in [7, 11) is 0. The van der Waals surface area contributed by atoms with Crippen LogP contribution in [0, 0.1) is 0 Å². The minimum atomic E-state index is -1.00. The van der Waals surface area contributed by atoms with Gasteiger partial charge in [0.25, 0.3) is 0 Å². The lowest BCUT2D eigenvalue weighted by Gasteiger charge is -2.21. The summed E-state index contributed by atoms with van der Waals surface area (Å²) >= 11 is 0. The summed E-state index contributed by atoms with van der Waals surface area (Å²) in [6.45, 7) is 4.03. The van der Waals surface area contributed by atoms with E-state index >= 15 is 0 Å². The number of aliphatic hydroxyl groups is 1. The van der Waals surface area contributed by atoms with Gasteiger partial charge in [-0.05, 0) is 18.9 Å². The largest absolute Gasteiger partial charge is 0.366 e. The van der Waals surface area contributed by atoms with Crippen molar-refractivity contribution in [3.8, 4) is 0 Å². The van der Waals surface area contributed by atoms with Crippen LogP contribution in [0.5, 0.6) is 0 Å². The van der Waals surface area contributed by atoms with Crippen molar-refractivity contribution in [1.82, 2.24) is 0 Å². The first-order valence-electron chi connectivity index (χ1n) is 4.54. The van der Waals surface area contributed by atoms with Crippen molar-refractivity contribution in [2.75, 3.05) is 0 Å². The second-order valence-electron chi connectivity index (χ2n) is 3.30. The van der Waals surface area contributed by atoms with Gasteiger partial charge in [0.1, 0.15) is 0 Å². The molecule has 0 bridgehead atoms. The van der Waals surface area contributed by atoms with E-state index in [2.05, 4.69) is 0 Å². The van der Waals surface area contributed by atoms with Gasteiger partial charge in [0.05, 0.1) is 6.61 Å². The normalized spacial score (nSPS) is 15.3. The zero-order chi connectivity index (χ0) is 9.73. The summed E-state index contributed by atoms with van der Waals surface area (Å²) < 4.78 is 5.32. The van der Waals surface area contributed by atoms with Gasteiger partial charge < -0.3 is 9.84 Å². The fourth-order valence-corrected chi connectivity index (χ4v) is 0.915. The van der Waals surface area contributed by atoms with Crippen molar-refractivity contribution in [2.24, 2.45) is 0 Å². The molecule has 0 spiro atoms. The minimum Gasteiger partial charge on any atom is -0.366 e. The van der Waals surface area contributed by atoms with E-state index < -0.39 is 5.79 Å². The van der Waals surface area contributed by atoms with Crippen molar-refractivity contribution in [2.45, 2.75) is 32.7 Å². The highest BCUT2D eigenvalue weighted by Crippen LogP contribution is 2.13. The summed E-state index contributed by atoms with van der Waals surface area (Å²) in [4.78, 5) is 0. The van der Waals surface area contributed by atoms with Crippen molar-refractivity contribution >= 4 is 0 Å². The highest BCUT2D eigenvalue weighted by Gasteiger charge is 2.17. The minimum absolute atomic E-state index is 0.460. The van der Waals surface area contributed by atoms with Gasteiger partial charge >= 0.3 is 0 Å². The molecule has 1 aromatic carbocycles. The predicted octanol–water partition coefficient (Wildman–Crippen LogP) is 2.32. The maximum absolute atomic E-state index is 9.56. The quantitative estimate of drug-likeness (QED) is 0.720. The van der Waals surface area contributed by atoms with Crippen molar-refractivity contribution in [1.29, 1.82) is 0 Å². The van der Waals surface area contributed by atoms with Crippen LogP contribution < -0.4 is 0 Å². The highest BCUT2D eigenvalue weighted by atomic mass is 16.6. The van der Waals surface area contributed by atoms with Crippen LogP contribution in [0.15, 0.2) is 30.3 Å². The van der Waals surface area contributed by atoms with Gasteiger partial charge in [-0.3, -0.25) is 0 Å². The van der Waals surface area contributed by atoms with Crippen LogP contribution in [0.1, 0.15) is 25.8 Å². The van der Waals surface area contributed by atoms with E-state index in [9.17, 15) is 5.11 Å². The summed E-state index contributed by atoms with van der Waals surface area (Å²) in [6, 6.07) is 9.83. The fourth-order valence-electron chi connectivity index (χ4n) is 0.915. The zero-order valence-electron chi connectivity index (χ0n) is 8.16. The maximum Gasteiger partial charge on any atom is 0.162 e. The second-order valence-corrected chi connectivity index (χ2v) is 3.30. The molecule has 0 aliphatic heterocycles. The van der Waals surface area contributed by atoms with Gasteiger partial charge in [-0.25, -0.2) is 0 Å². The molecule has 1 unspecified atom stereocenters. The Morgan fingerprint density at radius 1 is 1.31 bits per heavy atom. The Hall–Kier alpha value is -0.860. The Bertz CT molecular complexity index is 242. The SMILES string of the molecule is CCC(C)(O)OCc1ccccc1. The summed E-state index contributed by atoms with van der Waals surface area (Å²) in [5.74, 6) is -1.00. The molecule has 0 radical (unpaired) electrons. The molecule has 2 nitrogen and oxygen atoms in total. The lowest BCUT2D eigenvalue weighted by atomic mass is 10.2. The Labute approximate surface area is 79.2 Å². The van der Waals surface area contributed by atoms with Crippen LogP contribution >= 0.6 is 0 Å². The molecule has 1 N–H and O–H groups in total. The third-order valence-corrected chi connectivity index (χ3v) is 2.05. The van der Waals surface area contributed by atoms with E-state index in [1.54, 1.807) is 6.92 Å². The third kappa shape index (κ3) is 3.57. The predicted molar refractivity (Wildman–Crippen MR) is 52.1 cm³/mol. The fraction of sp³-hybridized carbons (Fsp3) is 0.455. The standard InChI is InChI=1S/C11H16O2/c1-3-11(2,12)13-9-10-7-5-4-6-8-10/h4-8,12H,3,9H2,1-2H3. The van der Waals surface area contributed by atoms with E-state index in [0.717, 1.165) is 5.56 Å². The molecule has 1 atom stereocenters. The van der Waals surface area contributed by atoms with Crippen molar-refractivity contribution in [3.63, 3.8) is 0 Å².